The Morgan fingerprint density at radius 2 is 1.84 bits per heavy atom. The van der Waals surface area contributed by atoms with Crippen LogP contribution < -0.4 is 15.8 Å². The SMILES string of the molecule is Cc1ccc(N2CC(NC(=O)N3CC4CC(C3)c3cccc(=O)n3C4)CC2=O)cc1C. The lowest BCUT2D eigenvalue weighted by Crippen LogP contribution is -2.53. The Morgan fingerprint density at radius 1 is 1.00 bits per heavy atom. The fourth-order valence-electron chi connectivity index (χ4n) is 5.28. The molecular weight excluding hydrogens is 392 g/mol. The molecule has 3 aliphatic rings. The molecule has 2 fully saturated rings. The maximum atomic E-state index is 13.0. The fraction of sp³-hybridized carbons (Fsp3) is 0.458. The van der Waals surface area contributed by atoms with Crippen molar-refractivity contribution in [2.45, 2.75) is 45.2 Å². The summed E-state index contributed by atoms with van der Waals surface area (Å²) in [7, 11) is 0. The van der Waals surface area contributed by atoms with Crippen LogP contribution in [0, 0.1) is 19.8 Å². The molecule has 7 nitrogen and oxygen atoms in total. The first kappa shape index (κ1) is 19.8. The van der Waals surface area contributed by atoms with E-state index in [4.69, 9.17) is 0 Å². The van der Waals surface area contributed by atoms with Crippen LogP contribution in [0.5, 0.6) is 0 Å². The summed E-state index contributed by atoms with van der Waals surface area (Å²) in [6.45, 7) is 6.50. The van der Waals surface area contributed by atoms with Crippen molar-refractivity contribution in [3.8, 4) is 0 Å². The number of benzene rings is 1. The van der Waals surface area contributed by atoms with Crippen molar-refractivity contribution in [3.05, 3.63) is 63.6 Å². The summed E-state index contributed by atoms with van der Waals surface area (Å²) in [6, 6.07) is 11.1. The van der Waals surface area contributed by atoms with Gasteiger partial charge in [0.25, 0.3) is 5.56 Å². The number of aryl methyl sites for hydroxylation is 2. The highest BCUT2D eigenvalue weighted by Gasteiger charge is 2.38. The van der Waals surface area contributed by atoms with Crippen molar-refractivity contribution in [2.75, 3.05) is 24.5 Å². The highest BCUT2D eigenvalue weighted by Crippen LogP contribution is 2.35. The summed E-state index contributed by atoms with van der Waals surface area (Å²) in [5.41, 5.74) is 4.30. The number of urea groups is 1. The van der Waals surface area contributed by atoms with E-state index in [1.807, 2.05) is 40.7 Å². The molecular formula is C24H28N4O3. The predicted octanol–water partition coefficient (Wildman–Crippen LogP) is 2.40. The van der Waals surface area contributed by atoms with Crippen LogP contribution in [0.2, 0.25) is 0 Å². The van der Waals surface area contributed by atoms with Gasteiger partial charge in [-0.2, -0.15) is 0 Å². The van der Waals surface area contributed by atoms with E-state index in [-0.39, 0.29) is 35.4 Å². The number of nitrogens with one attached hydrogen (secondary N) is 1. The Kier molecular flexibility index (Phi) is 4.84. The van der Waals surface area contributed by atoms with Crippen molar-refractivity contribution < 1.29 is 9.59 Å². The zero-order chi connectivity index (χ0) is 21.7. The molecule has 3 atom stereocenters. The van der Waals surface area contributed by atoms with Gasteiger partial charge in [-0.15, -0.1) is 0 Å². The Bertz CT molecular complexity index is 1110. The number of carbonyl (C=O) groups is 2. The number of nitrogens with zero attached hydrogens (tertiary/aromatic N) is 3. The molecule has 162 valence electrons. The molecule has 7 heteroatoms. The summed E-state index contributed by atoms with van der Waals surface area (Å²) >= 11 is 0. The van der Waals surface area contributed by atoms with Crippen molar-refractivity contribution in [1.29, 1.82) is 0 Å². The van der Waals surface area contributed by atoms with Crippen LogP contribution in [0.1, 0.15) is 35.6 Å². The molecule has 31 heavy (non-hydrogen) atoms. The van der Waals surface area contributed by atoms with Gasteiger partial charge < -0.3 is 19.7 Å². The second-order valence-electron chi connectivity index (χ2n) is 9.23. The molecule has 3 aliphatic heterocycles. The molecule has 1 aromatic carbocycles. The first-order chi connectivity index (χ1) is 14.9. The van der Waals surface area contributed by atoms with E-state index in [9.17, 15) is 14.4 Å². The summed E-state index contributed by atoms with van der Waals surface area (Å²) in [5, 5.41) is 3.09. The lowest BCUT2D eigenvalue weighted by Gasteiger charge is -2.42. The molecule has 2 bridgehead atoms. The quantitative estimate of drug-likeness (QED) is 0.811. The third kappa shape index (κ3) is 3.62. The second-order valence-corrected chi connectivity index (χ2v) is 9.23. The lowest BCUT2D eigenvalue weighted by atomic mass is 9.83. The minimum absolute atomic E-state index is 0.0392. The van der Waals surface area contributed by atoms with Crippen LogP contribution in [0.3, 0.4) is 0 Å². The van der Waals surface area contributed by atoms with E-state index in [0.29, 0.717) is 32.6 Å². The summed E-state index contributed by atoms with van der Waals surface area (Å²) in [5.74, 6) is 0.510. The van der Waals surface area contributed by atoms with Gasteiger partial charge in [0.15, 0.2) is 0 Å². The zero-order valence-corrected chi connectivity index (χ0v) is 18.0. The van der Waals surface area contributed by atoms with Crippen molar-refractivity contribution in [2.24, 2.45) is 5.92 Å². The van der Waals surface area contributed by atoms with E-state index in [0.717, 1.165) is 23.4 Å². The normalized spacial score (nSPS) is 24.8. The van der Waals surface area contributed by atoms with E-state index >= 15 is 0 Å². The van der Waals surface area contributed by atoms with Gasteiger partial charge in [-0.25, -0.2) is 4.79 Å². The fourth-order valence-corrected chi connectivity index (χ4v) is 5.28. The Labute approximate surface area is 181 Å². The lowest BCUT2D eigenvalue weighted by molar-refractivity contribution is -0.117. The molecule has 2 aromatic rings. The third-order valence-electron chi connectivity index (χ3n) is 7.02. The monoisotopic (exact) mass is 420 g/mol. The Balaban J connectivity index is 1.26. The number of hydrogen-bond acceptors (Lipinski definition) is 3. The predicted molar refractivity (Wildman–Crippen MR) is 118 cm³/mol. The maximum absolute atomic E-state index is 13.0. The van der Waals surface area contributed by atoms with E-state index in [2.05, 4.69) is 12.2 Å². The molecule has 5 rings (SSSR count). The third-order valence-corrected chi connectivity index (χ3v) is 7.02. The number of anilines is 1. The number of fused-ring (bicyclic) bond motifs is 4. The van der Waals surface area contributed by atoms with Gasteiger partial charge in [-0.3, -0.25) is 9.59 Å². The average Bonchev–Trinajstić information content (AvgIpc) is 3.10. The van der Waals surface area contributed by atoms with Gasteiger partial charge in [0.2, 0.25) is 5.91 Å². The first-order valence-electron chi connectivity index (χ1n) is 11.0. The topological polar surface area (TPSA) is 74.7 Å². The van der Waals surface area contributed by atoms with Crippen LogP contribution in [-0.2, 0) is 11.3 Å². The Morgan fingerprint density at radius 3 is 2.65 bits per heavy atom. The molecule has 1 aromatic heterocycles. The molecule has 0 saturated carbocycles. The van der Waals surface area contributed by atoms with Gasteiger partial charge in [-0.05, 0) is 55.5 Å². The number of hydrogen-bond donors (Lipinski definition) is 1. The Hall–Kier alpha value is -3.09. The number of pyridine rings is 1. The largest absolute Gasteiger partial charge is 0.333 e. The van der Waals surface area contributed by atoms with Gasteiger partial charge in [0.1, 0.15) is 0 Å². The number of piperidine rings is 1. The van der Waals surface area contributed by atoms with Crippen LogP contribution in [0.4, 0.5) is 10.5 Å². The molecule has 2 saturated heterocycles. The molecule has 0 radical (unpaired) electrons. The molecule has 3 amide bonds. The average molecular weight is 421 g/mol. The molecule has 1 N–H and O–H groups in total. The van der Waals surface area contributed by atoms with Gasteiger partial charge in [-0.1, -0.05) is 12.1 Å². The smallest absolute Gasteiger partial charge is 0.317 e. The van der Waals surface area contributed by atoms with E-state index in [1.165, 1.54) is 5.56 Å². The van der Waals surface area contributed by atoms with Crippen LogP contribution in [-0.4, -0.2) is 47.1 Å². The minimum atomic E-state index is -0.196. The number of carbonyl (C=O) groups excluding carboxylic acids is 2. The molecule has 3 unspecified atom stereocenters. The van der Waals surface area contributed by atoms with Crippen LogP contribution >= 0.6 is 0 Å². The highest BCUT2D eigenvalue weighted by atomic mass is 16.2. The standard InChI is InChI=1S/C24H28N4O3/c1-15-6-7-20(8-16(15)2)27-14-19(10-23(27)30)25-24(31)26-11-17-9-18(13-26)21-4-3-5-22(29)28(21)12-17/h3-8,17-19H,9-14H2,1-2H3,(H,25,31). The summed E-state index contributed by atoms with van der Waals surface area (Å²) in [4.78, 5) is 41.5. The molecule has 4 heterocycles. The first-order valence-corrected chi connectivity index (χ1v) is 11.0. The number of amides is 3. The van der Waals surface area contributed by atoms with Gasteiger partial charge in [0, 0.05) is 56.0 Å². The van der Waals surface area contributed by atoms with Crippen LogP contribution in [0.25, 0.3) is 0 Å². The van der Waals surface area contributed by atoms with Crippen molar-refractivity contribution in [3.63, 3.8) is 0 Å². The van der Waals surface area contributed by atoms with Crippen molar-refractivity contribution in [1.82, 2.24) is 14.8 Å². The highest BCUT2D eigenvalue weighted by molar-refractivity contribution is 5.97. The van der Waals surface area contributed by atoms with Crippen molar-refractivity contribution >= 4 is 17.6 Å². The zero-order valence-electron chi connectivity index (χ0n) is 18.0. The summed E-state index contributed by atoms with van der Waals surface area (Å²) < 4.78 is 1.87. The number of likely N-dealkylation sites (tertiary alicyclic amines) is 1. The van der Waals surface area contributed by atoms with E-state index < -0.39 is 0 Å². The number of aromatic nitrogens is 1. The second kappa shape index (κ2) is 7.55. The van der Waals surface area contributed by atoms with Gasteiger partial charge >= 0.3 is 6.03 Å². The minimum Gasteiger partial charge on any atom is -0.333 e. The van der Waals surface area contributed by atoms with E-state index in [1.54, 1.807) is 17.0 Å². The number of rotatable bonds is 2. The molecule has 0 spiro atoms. The van der Waals surface area contributed by atoms with Crippen LogP contribution in [0.15, 0.2) is 41.2 Å². The molecule has 0 aliphatic carbocycles. The summed E-state index contributed by atoms with van der Waals surface area (Å²) in [6.07, 6.45) is 1.33. The maximum Gasteiger partial charge on any atom is 0.317 e. The van der Waals surface area contributed by atoms with Gasteiger partial charge in [0.05, 0.1) is 6.04 Å².